The molecule has 0 saturated carbocycles. The van der Waals surface area contributed by atoms with E-state index < -0.39 is 99.0 Å². The molecule has 0 amide bonds. The normalized spacial score (nSPS) is 24.9. The summed E-state index contributed by atoms with van der Waals surface area (Å²) in [5, 5.41) is 38.6. The molecule has 1 aromatic rings. The van der Waals surface area contributed by atoms with Crippen LogP contribution in [0.15, 0.2) is 24.3 Å². The van der Waals surface area contributed by atoms with Crippen LogP contribution in [0.25, 0.3) is 0 Å². The Labute approximate surface area is 227 Å². The van der Waals surface area contributed by atoms with Crippen LogP contribution < -0.4 is 9.47 Å². The second-order valence-corrected chi connectivity index (χ2v) is 9.09. The molecule has 20 heteroatoms. The Bertz CT molecular complexity index is 1020. The third-order valence-electron chi connectivity index (χ3n) is 6.08. The average Bonchev–Trinajstić information content (AvgIpc) is 2.88. The molecule has 0 aromatic heterocycles. The van der Waals surface area contributed by atoms with Crippen LogP contribution in [0.3, 0.4) is 0 Å². The highest BCUT2D eigenvalue weighted by Gasteiger charge is 2.90. The number of unbranched alkanes of at least 4 members (excludes halogenated alkanes) is 1. The van der Waals surface area contributed by atoms with Crippen LogP contribution in [-0.4, -0.2) is 100 Å². The third kappa shape index (κ3) is 6.61. The Morgan fingerprint density at radius 1 is 0.643 bits per heavy atom. The zero-order valence-corrected chi connectivity index (χ0v) is 20.7. The molecule has 0 spiro atoms. The summed E-state index contributed by atoms with van der Waals surface area (Å²) in [6, 6.07) is 4.71. The Hall–Kier alpha value is -2.29. The predicted octanol–water partition coefficient (Wildman–Crippen LogP) is 4.15. The van der Waals surface area contributed by atoms with E-state index in [0.717, 1.165) is 0 Å². The van der Waals surface area contributed by atoms with Crippen molar-refractivity contribution in [3.8, 4) is 11.5 Å². The van der Waals surface area contributed by atoms with Crippen molar-refractivity contribution in [3.63, 3.8) is 0 Å². The van der Waals surface area contributed by atoms with Crippen LogP contribution in [0, 0.1) is 0 Å². The van der Waals surface area contributed by atoms with Crippen molar-refractivity contribution in [1.82, 2.24) is 0 Å². The molecule has 1 fully saturated rings. The molecule has 7 nitrogen and oxygen atoms in total. The van der Waals surface area contributed by atoms with E-state index in [0.29, 0.717) is 0 Å². The summed E-state index contributed by atoms with van der Waals surface area (Å²) >= 11 is 0. The standard InChI is InChI=1S/C22H23F13O7/c23-17(24,18(25,26)19(27,28)20(29,30)21(31,32)22(33,34)35)7-1-2-8-40-10-3-5-11(6-4-10)41-16-15(39)14(38)13(37)12(9-36)42-16/h3-6,12-16,36-39H,1-2,7-9H2/t12-,13-,14+,15-,16-/m1/s1. The largest absolute Gasteiger partial charge is 0.494 e. The van der Waals surface area contributed by atoms with E-state index in [1.165, 1.54) is 24.3 Å². The Balaban J connectivity index is 1.93. The lowest BCUT2D eigenvalue weighted by atomic mass is 9.92. The van der Waals surface area contributed by atoms with Gasteiger partial charge in [0.2, 0.25) is 6.29 Å². The quantitative estimate of drug-likeness (QED) is 0.189. The SMILES string of the molecule is OC[C@H]1O[C@@H](Oc2ccc(OCCCCC(F)(F)C(F)(F)C(F)(F)C(F)(F)C(F)(F)C(F)(F)F)cc2)[C@H](O)[C@@H](O)[C@@H]1O. The van der Waals surface area contributed by atoms with Gasteiger partial charge in [-0.25, -0.2) is 0 Å². The smallest absolute Gasteiger partial charge is 0.460 e. The Kier molecular flexibility index (Phi) is 10.6. The molecule has 0 bridgehead atoms. The number of alkyl halides is 13. The zero-order valence-electron chi connectivity index (χ0n) is 20.7. The minimum atomic E-state index is -7.94. The fourth-order valence-electron chi connectivity index (χ4n) is 3.51. The summed E-state index contributed by atoms with van der Waals surface area (Å²) in [7, 11) is 0. The first-order chi connectivity index (χ1) is 19.0. The van der Waals surface area contributed by atoms with Crippen molar-refractivity contribution in [3.05, 3.63) is 24.3 Å². The van der Waals surface area contributed by atoms with Gasteiger partial charge in [-0.3, -0.25) is 0 Å². The first kappa shape index (κ1) is 35.9. The summed E-state index contributed by atoms with van der Waals surface area (Å²) in [5.41, 5.74) is 0. The van der Waals surface area contributed by atoms with Gasteiger partial charge in [-0.15, -0.1) is 0 Å². The lowest BCUT2D eigenvalue weighted by Crippen LogP contribution is -2.70. The highest BCUT2D eigenvalue weighted by Crippen LogP contribution is 2.60. The molecular weight excluding hydrogens is 623 g/mol. The third-order valence-corrected chi connectivity index (χ3v) is 6.08. The van der Waals surface area contributed by atoms with Gasteiger partial charge in [-0.1, -0.05) is 0 Å². The van der Waals surface area contributed by atoms with Crippen molar-refractivity contribution in [2.75, 3.05) is 13.2 Å². The molecule has 0 aliphatic carbocycles. The maximum atomic E-state index is 13.8. The van der Waals surface area contributed by atoms with Gasteiger partial charge in [0.15, 0.2) is 0 Å². The van der Waals surface area contributed by atoms with Crippen molar-refractivity contribution in [2.45, 2.75) is 85.8 Å². The Morgan fingerprint density at radius 3 is 1.64 bits per heavy atom. The zero-order chi connectivity index (χ0) is 32.5. The molecular formula is C22H23F13O7. The minimum absolute atomic E-state index is 0.0256. The van der Waals surface area contributed by atoms with Crippen LogP contribution >= 0.6 is 0 Å². The highest BCUT2D eigenvalue weighted by atomic mass is 19.4. The van der Waals surface area contributed by atoms with E-state index in [2.05, 4.69) is 0 Å². The molecule has 1 heterocycles. The first-order valence-corrected chi connectivity index (χ1v) is 11.6. The number of benzene rings is 1. The number of halogens is 13. The van der Waals surface area contributed by atoms with Gasteiger partial charge in [0.05, 0.1) is 13.2 Å². The van der Waals surface area contributed by atoms with Crippen LogP contribution in [0.2, 0.25) is 0 Å². The Morgan fingerprint density at radius 2 is 1.14 bits per heavy atom. The second kappa shape index (κ2) is 12.4. The average molecular weight is 646 g/mol. The minimum Gasteiger partial charge on any atom is -0.494 e. The van der Waals surface area contributed by atoms with Gasteiger partial charge in [-0.05, 0) is 37.1 Å². The van der Waals surface area contributed by atoms with Crippen LogP contribution in [0.5, 0.6) is 11.5 Å². The molecule has 5 atom stereocenters. The van der Waals surface area contributed by atoms with E-state index in [9.17, 15) is 72.4 Å². The topological polar surface area (TPSA) is 109 Å². The predicted molar refractivity (Wildman–Crippen MR) is 111 cm³/mol. The number of hydrogen-bond donors (Lipinski definition) is 4. The van der Waals surface area contributed by atoms with Gasteiger partial charge < -0.3 is 34.6 Å². The summed E-state index contributed by atoms with van der Waals surface area (Å²) < 4.78 is 186. The molecule has 1 aliphatic heterocycles. The van der Waals surface area contributed by atoms with Crippen LogP contribution in [0.4, 0.5) is 57.1 Å². The van der Waals surface area contributed by atoms with Gasteiger partial charge in [0.1, 0.15) is 35.9 Å². The molecule has 2 rings (SSSR count). The summed E-state index contributed by atoms with van der Waals surface area (Å²) in [6.07, 6.45) is -19.5. The van der Waals surface area contributed by atoms with Crippen LogP contribution in [-0.2, 0) is 4.74 Å². The lowest BCUT2D eigenvalue weighted by molar-refractivity contribution is -0.440. The number of hydrogen-bond acceptors (Lipinski definition) is 7. The molecule has 1 saturated heterocycles. The molecule has 4 N–H and O–H groups in total. The molecule has 1 aliphatic rings. The van der Waals surface area contributed by atoms with Crippen molar-refractivity contribution in [1.29, 1.82) is 0 Å². The highest BCUT2D eigenvalue weighted by molar-refractivity contribution is 5.31. The van der Waals surface area contributed by atoms with Gasteiger partial charge in [-0.2, -0.15) is 57.1 Å². The maximum absolute atomic E-state index is 13.8. The van der Waals surface area contributed by atoms with Crippen LogP contribution in [0.1, 0.15) is 19.3 Å². The lowest BCUT2D eigenvalue weighted by Gasteiger charge is -2.39. The van der Waals surface area contributed by atoms with E-state index >= 15 is 0 Å². The van der Waals surface area contributed by atoms with Gasteiger partial charge >= 0.3 is 35.8 Å². The van der Waals surface area contributed by atoms with Gasteiger partial charge in [0.25, 0.3) is 0 Å². The first-order valence-electron chi connectivity index (χ1n) is 11.6. The number of ether oxygens (including phenoxy) is 3. The van der Waals surface area contributed by atoms with Gasteiger partial charge in [0, 0.05) is 6.42 Å². The second-order valence-electron chi connectivity index (χ2n) is 9.09. The fourth-order valence-corrected chi connectivity index (χ4v) is 3.51. The van der Waals surface area contributed by atoms with Crippen molar-refractivity contribution in [2.24, 2.45) is 0 Å². The van der Waals surface area contributed by atoms with Crippen molar-refractivity contribution < 1.29 is 91.7 Å². The molecule has 0 radical (unpaired) electrons. The fraction of sp³-hybridized carbons (Fsp3) is 0.727. The monoisotopic (exact) mass is 646 g/mol. The summed E-state index contributed by atoms with van der Waals surface area (Å²) in [4.78, 5) is 0. The number of rotatable bonds is 13. The summed E-state index contributed by atoms with van der Waals surface area (Å²) in [6.45, 7) is -1.31. The number of aliphatic hydroxyl groups excluding tert-OH is 4. The van der Waals surface area contributed by atoms with E-state index in [1.807, 2.05) is 0 Å². The van der Waals surface area contributed by atoms with E-state index in [1.54, 1.807) is 0 Å². The molecule has 244 valence electrons. The van der Waals surface area contributed by atoms with E-state index in [4.69, 9.17) is 19.3 Å². The van der Waals surface area contributed by atoms with E-state index in [-0.39, 0.29) is 11.5 Å². The van der Waals surface area contributed by atoms with Crippen molar-refractivity contribution >= 4 is 0 Å². The molecule has 0 unspecified atom stereocenters. The maximum Gasteiger partial charge on any atom is 0.460 e. The number of aliphatic hydroxyl groups is 4. The summed E-state index contributed by atoms with van der Waals surface area (Å²) in [5.74, 6) is -37.1. The molecule has 42 heavy (non-hydrogen) atoms. The molecule has 1 aromatic carbocycles.